The summed E-state index contributed by atoms with van der Waals surface area (Å²) in [5, 5.41) is 9.10. The number of carbonyl (C=O) groups excluding carboxylic acids is 1. The number of rotatable bonds is 16. The summed E-state index contributed by atoms with van der Waals surface area (Å²) in [6, 6.07) is 3.68. The summed E-state index contributed by atoms with van der Waals surface area (Å²) >= 11 is 4.66. The van der Waals surface area contributed by atoms with E-state index in [-0.39, 0.29) is 5.05 Å². The SMILES string of the molecule is COc1cc(CCCCCCCCCCCCC(O)=S)c(OC)cc1C=O. The van der Waals surface area contributed by atoms with Crippen LogP contribution in [0.5, 0.6) is 11.5 Å². The molecular weight excluding hydrogens is 360 g/mol. The maximum Gasteiger partial charge on any atom is 0.156 e. The third-order valence-corrected chi connectivity index (χ3v) is 5.05. The van der Waals surface area contributed by atoms with Crippen LogP contribution in [0.25, 0.3) is 0 Å². The van der Waals surface area contributed by atoms with E-state index in [4.69, 9.17) is 14.6 Å². The van der Waals surface area contributed by atoms with Crippen molar-refractivity contribution < 1.29 is 19.4 Å². The molecule has 0 unspecified atom stereocenters. The van der Waals surface area contributed by atoms with E-state index in [1.165, 1.54) is 44.9 Å². The average molecular weight is 395 g/mol. The van der Waals surface area contributed by atoms with E-state index in [2.05, 4.69) is 12.2 Å². The molecule has 0 bridgehead atoms. The number of carbonyl (C=O) groups is 1. The molecule has 1 aromatic carbocycles. The van der Waals surface area contributed by atoms with E-state index in [1.807, 2.05) is 6.07 Å². The Morgan fingerprint density at radius 2 is 1.41 bits per heavy atom. The van der Waals surface area contributed by atoms with E-state index in [9.17, 15) is 4.79 Å². The predicted octanol–water partition coefficient (Wildman–Crippen LogP) is 6.24. The summed E-state index contributed by atoms with van der Waals surface area (Å²) < 4.78 is 10.7. The topological polar surface area (TPSA) is 55.8 Å². The maximum absolute atomic E-state index is 11.1. The van der Waals surface area contributed by atoms with Gasteiger partial charge in [-0.05, 0) is 49.2 Å². The molecule has 1 N–H and O–H groups in total. The largest absolute Gasteiger partial charge is 0.502 e. The highest BCUT2D eigenvalue weighted by Gasteiger charge is 2.10. The molecule has 0 amide bonds. The molecule has 1 rings (SSSR count). The van der Waals surface area contributed by atoms with Gasteiger partial charge in [0.1, 0.15) is 11.5 Å². The minimum Gasteiger partial charge on any atom is -0.502 e. The monoisotopic (exact) mass is 394 g/mol. The number of thiocarbonyl (C=S) groups is 1. The highest BCUT2D eigenvalue weighted by Crippen LogP contribution is 2.29. The third-order valence-electron chi connectivity index (χ3n) is 4.85. The fourth-order valence-electron chi connectivity index (χ4n) is 3.28. The maximum atomic E-state index is 11.1. The van der Waals surface area contributed by atoms with Crippen LogP contribution >= 0.6 is 12.2 Å². The van der Waals surface area contributed by atoms with Crippen molar-refractivity contribution in [3.63, 3.8) is 0 Å². The number of benzene rings is 1. The van der Waals surface area contributed by atoms with E-state index in [1.54, 1.807) is 20.3 Å². The van der Waals surface area contributed by atoms with Crippen LogP contribution in [-0.4, -0.2) is 30.7 Å². The van der Waals surface area contributed by atoms with Gasteiger partial charge in [0.2, 0.25) is 0 Å². The first-order chi connectivity index (χ1) is 13.1. The van der Waals surface area contributed by atoms with Gasteiger partial charge in [-0.3, -0.25) is 4.79 Å². The molecule has 0 aromatic heterocycles. The van der Waals surface area contributed by atoms with Crippen LogP contribution in [0.1, 0.15) is 86.6 Å². The van der Waals surface area contributed by atoms with Crippen LogP contribution in [0.4, 0.5) is 0 Å². The molecule has 0 fully saturated rings. The molecule has 1 aromatic rings. The minimum atomic E-state index is 0.144. The Morgan fingerprint density at radius 1 is 0.889 bits per heavy atom. The number of aryl methyl sites for hydroxylation is 1. The smallest absolute Gasteiger partial charge is 0.156 e. The minimum absolute atomic E-state index is 0.144. The molecular formula is C22H34O4S. The fourth-order valence-corrected chi connectivity index (χ4v) is 3.42. The second-order valence-corrected chi connectivity index (χ2v) is 7.42. The van der Waals surface area contributed by atoms with Gasteiger partial charge < -0.3 is 14.6 Å². The van der Waals surface area contributed by atoms with Crippen molar-refractivity contribution in [2.45, 2.75) is 77.0 Å². The average Bonchev–Trinajstić information content (AvgIpc) is 2.67. The van der Waals surface area contributed by atoms with Crippen molar-refractivity contribution >= 4 is 23.6 Å². The van der Waals surface area contributed by atoms with Crippen LogP contribution in [0, 0.1) is 0 Å². The molecule has 0 spiro atoms. The van der Waals surface area contributed by atoms with Crippen molar-refractivity contribution in [1.29, 1.82) is 0 Å². The second kappa shape index (κ2) is 14.4. The Hall–Kier alpha value is -1.62. The highest BCUT2D eigenvalue weighted by atomic mass is 32.1. The summed E-state index contributed by atoms with van der Waals surface area (Å²) in [5.74, 6) is 1.38. The van der Waals surface area contributed by atoms with Gasteiger partial charge >= 0.3 is 0 Å². The molecule has 0 aliphatic heterocycles. The van der Waals surface area contributed by atoms with Gasteiger partial charge in [0.25, 0.3) is 0 Å². The molecule has 0 aliphatic carbocycles. The van der Waals surface area contributed by atoms with Crippen molar-refractivity contribution in [3.05, 3.63) is 23.3 Å². The number of aliphatic hydroxyl groups excluding tert-OH is 1. The zero-order valence-electron chi connectivity index (χ0n) is 16.8. The van der Waals surface area contributed by atoms with Crippen molar-refractivity contribution in [3.8, 4) is 11.5 Å². The Morgan fingerprint density at radius 3 is 1.89 bits per heavy atom. The summed E-state index contributed by atoms with van der Waals surface area (Å²) in [4.78, 5) is 11.1. The summed E-state index contributed by atoms with van der Waals surface area (Å²) in [6.07, 6.45) is 14.5. The van der Waals surface area contributed by atoms with Crippen LogP contribution < -0.4 is 9.47 Å². The lowest BCUT2D eigenvalue weighted by atomic mass is 10.0. The lowest BCUT2D eigenvalue weighted by Gasteiger charge is -2.12. The van der Waals surface area contributed by atoms with Gasteiger partial charge in [0, 0.05) is 6.42 Å². The number of aldehydes is 1. The second-order valence-electron chi connectivity index (χ2n) is 6.95. The van der Waals surface area contributed by atoms with Gasteiger partial charge in [-0.15, -0.1) is 0 Å². The molecule has 27 heavy (non-hydrogen) atoms. The van der Waals surface area contributed by atoms with Crippen LogP contribution in [0.3, 0.4) is 0 Å². The van der Waals surface area contributed by atoms with Gasteiger partial charge in [-0.1, -0.05) is 51.4 Å². The Balaban J connectivity index is 2.14. The van der Waals surface area contributed by atoms with Gasteiger partial charge in [0.05, 0.1) is 19.8 Å². The predicted molar refractivity (Wildman–Crippen MR) is 115 cm³/mol. The van der Waals surface area contributed by atoms with Crippen molar-refractivity contribution in [2.75, 3.05) is 14.2 Å². The molecule has 0 heterocycles. The third kappa shape index (κ3) is 9.76. The zero-order valence-corrected chi connectivity index (χ0v) is 17.6. The fraction of sp³-hybridized carbons (Fsp3) is 0.636. The normalized spacial score (nSPS) is 10.6. The Kier molecular flexibility index (Phi) is 12.5. The lowest BCUT2D eigenvalue weighted by molar-refractivity contribution is 0.112. The van der Waals surface area contributed by atoms with Gasteiger partial charge in [0.15, 0.2) is 11.3 Å². The Bertz CT molecular complexity index is 572. The Labute approximate surface area is 169 Å². The van der Waals surface area contributed by atoms with Gasteiger partial charge in [-0.25, -0.2) is 0 Å². The first-order valence-electron chi connectivity index (χ1n) is 10.0. The summed E-state index contributed by atoms with van der Waals surface area (Å²) in [6.45, 7) is 0. The van der Waals surface area contributed by atoms with E-state index >= 15 is 0 Å². The molecule has 4 nitrogen and oxygen atoms in total. The molecule has 152 valence electrons. The van der Waals surface area contributed by atoms with Crippen LogP contribution in [-0.2, 0) is 6.42 Å². The number of ether oxygens (including phenoxy) is 2. The number of aliphatic hydroxyl groups is 1. The molecule has 0 atom stereocenters. The number of hydrogen-bond acceptors (Lipinski definition) is 4. The molecule has 0 saturated heterocycles. The van der Waals surface area contributed by atoms with Crippen LogP contribution in [0.15, 0.2) is 12.1 Å². The van der Waals surface area contributed by atoms with Crippen molar-refractivity contribution in [1.82, 2.24) is 0 Å². The summed E-state index contributed by atoms with van der Waals surface area (Å²) in [7, 11) is 3.22. The molecule has 5 heteroatoms. The van der Waals surface area contributed by atoms with E-state index in [0.717, 1.165) is 43.3 Å². The van der Waals surface area contributed by atoms with E-state index in [0.29, 0.717) is 17.7 Å². The molecule has 0 radical (unpaired) electrons. The zero-order chi connectivity index (χ0) is 19.9. The van der Waals surface area contributed by atoms with Crippen LogP contribution in [0.2, 0.25) is 0 Å². The quantitative estimate of drug-likeness (QED) is 0.204. The van der Waals surface area contributed by atoms with E-state index < -0.39 is 0 Å². The molecule has 0 saturated carbocycles. The standard InChI is InChI=1S/C22H34O4S/c1-25-20-16-19(17-23)21(26-2)15-18(20)13-11-9-7-5-3-4-6-8-10-12-14-22(24)27/h15-17H,3-14H2,1-2H3,(H,24,27). The lowest BCUT2D eigenvalue weighted by Crippen LogP contribution is -1.98. The molecule has 0 aliphatic rings. The van der Waals surface area contributed by atoms with Crippen molar-refractivity contribution in [2.24, 2.45) is 0 Å². The number of unbranched alkanes of at least 4 members (excludes halogenated alkanes) is 9. The van der Waals surface area contributed by atoms with Gasteiger partial charge in [-0.2, -0.15) is 0 Å². The number of hydrogen-bond donors (Lipinski definition) is 1. The summed E-state index contributed by atoms with van der Waals surface area (Å²) in [5.41, 5.74) is 1.62. The highest BCUT2D eigenvalue weighted by molar-refractivity contribution is 7.80. The number of methoxy groups -OCH3 is 2. The first-order valence-corrected chi connectivity index (χ1v) is 10.4. The first kappa shape index (κ1) is 23.4.